The number of rotatable bonds is 10. The topological polar surface area (TPSA) is 66.0 Å². The molecule has 0 aliphatic rings. The number of hydrogen-bond donors (Lipinski definition) is 2. The van der Waals surface area contributed by atoms with Gasteiger partial charge in [-0.15, -0.1) is 24.0 Å². The number of ether oxygens (including phenoxy) is 1. The van der Waals surface area contributed by atoms with Crippen LogP contribution in [0.15, 0.2) is 29.3 Å². The van der Waals surface area contributed by atoms with E-state index in [0.717, 1.165) is 24.5 Å². The minimum atomic E-state index is -0.0591. The van der Waals surface area contributed by atoms with Gasteiger partial charge in [-0.05, 0) is 24.1 Å². The molecule has 2 N–H and O–H groups in total. The molecule has 0 saturated carbocycles. The van der Waals surface area contributed by atoms with Gasteiger partial charge in [0.15, 0.2) is 12.6 Å². The first kappa shape index (κ1) is 24.5. The smallest absolute Gasteiger partial charge is 0.259 e. The summed E-state index contributed by atoms with van der Waals surface area (Å²) >= 11 is 0. The van der Waals surface area contributed by atoms with Gasteiger partial charge in [-0.2, -0.15) is 0 Å². The number of guanidine groups is 1. The van der Waals surface area contributed by atoms with Crippen molar-refractivity contribution in [2.45, 2.75) is 39.2 Å². The summed E-state index contributed by atoms with van der Waals surface area (Å²) in [6, 6.07) is 7.73. The number of hydrogen-bond acceptors (Lipinski definition) is 3. The van der Waals surface area contributed by atoms with Crippen LogP contribution in [0.1, 0.15) is 38.2 Å². The van der Waals surface area contributed by atoms with E-state index in [2.05, 4.69) is 22.5 Å². The lowest BCUT2D eigenvalue weighted by Crippen LogP contribution is -2.37. The molecule has 1 amide bonds. The fourth-order valence-electron chi connectivity index (χ4n) is 2.18. The lowest BCUT2D eigenvalue weighted by Gasteiger charge is -2.13. The van der Waals surface area contributed by atoms with Crippen molar-refractivity contribution in [2.75, 3.05) is 34.3 Å². The molecule has 0 aliphatic heterocycles. The fraction of sp³-hybridized carbons (Fsp3) is 0.579. The number of aliphatic imine (C=N–C) groups is 1. The molecule has 0 bridgehead atoms. The van der Waals surface area contributed by atoms with Crippen molar-refractivity contribution in [3.8, 4) is 5.75 Å². The van der Waals surface area contributed by atoms with Crippen LogP contribution in [0.25, 0.3) is 0 Å². The zero-order valence-corrected chi connectivity index (χ0v) is 18.7. The Hall–Kier alpha value is -1.51. The quantitative estimate of drug-likeness (QED) is 0.236. The standard InChI is InChI=1S/C19H32N4O2.HI/c1-5-6-7-8-12-21-19(20-2)22-14-16-10-9-11-17(13-16)25-15-18(24)23(3)4;/h9-11,13H,5-8,12,14-15H2,1-4H3,(H2,20,21,22);1H. The molecule has 0 heterocycles. The maximum absolute atomic E-state index is 11.6. The monoisotopic (exact) mass is 476 g/mol. The van der Waals surface area contributed by atoms with Crippen LogP contribution < -0.4 is 15.4 Å². The number of nitrogens with one attached hydrogen (secondary N) is 2. The summed E-state index contributed by atoms with van der Waals surface area (Å²) in [5.41, 5.74) is 1.07. The Balaban J connectivity index is 0.00000625. The molecule has 0 aliphatic carbocycles. The molecule has 0 atom stereocenters. The molecular weight excluding hydrogens is 443 g/mol. The molecule has 1 aromatic rings. The van der Waals surface area contributed by atoms with E-state index in [1.165, 1.54) is 24.2 Å². The third-order valence-electron chi connectivity index (χ3n) is 3.77. The Bertz CT molecular complexity index is 550. The largest absolute Gasteiger partial charge is 0.484 e. The van der Waals surface area contributed by atoms with Gasteiger partial charge < -0.3 is 20.3 Å². The van der Waals surface area contributed by atoms with E-state index in [-0.39, 0.29) is 36.5 Å². The summed E-state index contributed by atoms with van der Waals surface area (Å²) in [5, 5.41) is 6.62. The zero-order chi connectivity index (χ0) is 18.5. The van der Waals surface area contributed by atoms with Gasteiger partial charge in [-0.3, -0.25) is 9.79 Å². The number of likely N-dealkylation sites (N-methyl/N-ethyl adjacent to an activating group) is 1. The average molecular weight is 476 g/mol. The van der Waals surface area contributed by atoms with Gasteiger partial charge >= 0.3 is 0 Å². The molecule has 0 spiro atoms. The summed E-state index contributed by atoms with van der Waals surface area (Å²) < 4.78 is 5.54. The van der Waals surface area contributed by atoms with Crippen LogP contribution in [-0.4, -0.2) is 51.1 Å². The molecule has 26 heavy (non-hydrogen) atoms. The van der Waals surface area contributed by atoms with Gasteiger partial charge in [0.25, 0.3) is 5.91 Å². The average Bonchev–Trinajstić information content (AvgIpc) is 2.62. The molecule has 0 unspecified atom stereocenters. The van der Waals surface area contributed by atoms with E-state index in [4.69, 9.17) is 4.74 Å². The Morgan fingerprint density at radius 2 is 1.96 bits per heavy atom. The zero-order valence-electron chi connectivity index (χ0n) is 16.4. The molecular formula is C19H33IN4O2. The molecule has 7 heteroatoms. The van der Waals surface area contributed by atoms with E-state index in [0.29, 0.717) is 12.3 Å². The first-order valence-corrected chi connectivity index (χ1v) is 8.93. The van der Waals surface area contributed by atoms with E-state index in [1.807, 2.05) is 24.3 Å². The number of halogens is 1. The Morgan fingerprint density at radius 1 is 1.19 bits per heavy atom. The molecule has 1 rings (SSSR count). The number of amides is 1. The van der Waals surface area contributed by atoms with Crippen LogP contribution in [0.5, 0.6) is 5.75 Å². The summed E-state index contributed by atoms with van der Waals surface area (Å²) in [5.74, 6) is 1.43. The maximum Gasteiger partial charge on any atom is 0.259 e. The van der Waals surface area contributed by atoms with Crippen molar-refractivity contribution in [3.63, 3.8) is 0 Å². The van der Waals surface area contributed by atoms with Crippen molar-refractivity contribution in [3.05, 3.63) is 29.8 Å². The highest BCUT2D eigenvalue weighted by Gasteiger charge is 2.05. The fourth-order valence-corrected chi connectivity index (χ4v) is 2.18. The van der Waals surface area contributed by atoms with E-state index in [9.17, 15) is 4.79 Å². The molecule has 0 radical (unpaired) electrons. The van der Waals surface area contributed by atoms with E-state index >= 15 is 0 Å². The Labute approximate surface area is 174 Å². The number of nitrogens with zero attached hydrogens (tertiary/aromatic N) is 2. The summed E-state index contributed by atoms with van der Waals surface area (Å²) in [6.07, 6.45) is 4.91. The number of carbonyl (C=O) groups excluding carboxylic acids is 1. The first-order chi connectivity index (χ1) is 12.1. The molecule has 6 nitrogen and oxygen atoms in total. The van der Waals surface area contributed by atoms with Crippen molar-refractivity contribution in [2.24, 2.45) is 4.99 Å². The second-order valence-electron chi connectivity index (χ2n) is 6.14. The molecule has 0 aromatic heterocycles. The van der Waals surface area contributed by atoms with Crippen molar-refractivity contribution in [1.82, 2.24) is 15.5 Å². The van der Waals surface area contributed by atoms with Gasteiger partial charge in [-0.1, -0.05) is 38.3 Å². The minimum Gasteiger partial charge on any atom is -0.484 e. The van der Waals surface area contributed by atoms with Crippen LogP contribution in [0.2, 0.25) is 0 Å². The van der Waals surface area contributed by atoms with E-state index < -0.39 is 0 Å². The van der Waals surface area contributed by atoms with Crippen molar-refractivity contribution >= 4 is 35.8 Å². The molecule has 0 saturated heterocycles. The maximum atomic E-state index is 11.6. The highest BCUT2D eigenvalue weighted by molar-refractivity contribution is 14.0. The lowest BCUT2D eigenvalue weighted by molar-refractivity contribution is -0.130. The van der Waals surface area contributed by atoms with Gasteiger partial charge in [0, 0.05) is 34.2 Å². The summed E-state index contributed by atoms with van der Waals surface area (Å²) in [7, 11) is 5.20. The van der Waals surface area contributed by atoms with Gasteiger partial charge in [0.2, 0.25) is 0 Å². The van der Waals surface area contributed by atoms with Crippen molar-refractivity contribution < 1.29 is 9.53 Å². The predicted molar refractivity (Wildman–Crippen MR) is 118 cm³/mol. The number of benzene rings is 1. The normalized spacial score (nSPS) is 10.7. The van der Waals surface area contributed by atoms with Crippen LogP contribution in [0.4, 0.5) is 0 Å². The van der Waals surface area contributed by atoms with Crippen LogP contribution in [-0.2, 0) is 11.3 Å². The van der Waals surface area contributed by atoms with Gasteiger partial charge in [0.1, 0.15) is 5.75 Å². The Morgan fingerprint density at radius 3 is 2.62 bits per heavy atom. The van der Waals surface area contributed by atoms with E-state index in [1.54, 1.807) is 21.1 Å². The van der Waals surface area contributed by atoms with Crippen LogP contribution >= 0.6 is 24.0 Å². The molecule has 0 fully saturated rings. The highest BCUT2D eigenvalue weighted by atomic mass is 127. The number of unbranched alkanes of at least 4 members (excludes halogenated alkanes) is 3. The molecule has 148 valence electrons. The Kier molecular flexibility index (Phi) is 13.8. The minimum absolute atomic E-state index is 0. The SMILES string of the molecule is CCCCCCNC(=NC)NCc1cccc(OCC(=O)N(C)C)c1.I. The molecule has 1 aromatic carbocycles. The lowest BCUT2D eigenvalue weighted by atomic mass is 10.2. The van der Waals surface area contributed by atoms with Crippen molar-refractivity contribution in [1.29, 1.82) is 0 Å². The predicted octanol–water partition coefficient (Wildman–Crippen LogP) is 3.02. The second-order valence-corrected chi connectivity index (χ2v) is 6.14. The van der Waals surface area contributed by atoms with Gasteiger partial charge in [0.05, 0.1) is 0 Å². The third kappa shape index (κ3) is 10.5. The van der Waals surface area contributed by atoms with Crippen LogP contribution in [0, 0.1) is 0 Å². The van der Waals surface area contributed by atoms with Gasteiger partial charge in [-0.25, -0.2) is 0 Å². The second kappa shape index (κ2) is 14.6. The first-order valence-electron chi connectivity index (χ1n) is 8.93. The third-order valence-corrected chi connectivity index (χ3v) is 3.77. The number of carbonyl (C=O) groups is 1. The highest BCUT2D eigenvalue weighted by Crippen LogP contribution is 2.13. The van der Waals surface area contributed by atoms with Crippen LogP contribution in [0.3, 0.4) is 0 Å². The summed E-state index contributed by atoms with van der Waals surface area (Å²) in [4.78, 5) is 17.3. The summed E-state index contributed by atoms with van der Waals surface area (Å²) in [6.45, 7) is 3.83.